The van der Waals surface area contributed by atoms with E-state index in [1.807, 2.05) is 6.92 Å². The molecular formula is C12H20N2O2. The van der Waals surface area contributed by atoms with E-state index < -0.39 is 0 Å². The Morgan fingerprint density at radius 3 is 3.00 bits per heavy atom. The molecule has 4 heteroatoms. The molecule has 0 aromatic carbocycles. The summed E-state index contributed by atoms with van der Waals surface area (Å²) in [7, 11) is 0. The zero-order valence-corrected chi connectivity index (χ0v) is 10.1. The van der Waals surface area contributed by atoms with Crippen LogP contribution in [0.25, 0.3) is 0 Å². The molecule has 1 heterocycles. The summed E-state index contributed by atoms with van der Waals surface area (Å²) in [5, 5.41) is 2.86. The van der Waals surface area contributed by atoms with Crippen LogP contribution in [0.4, 0.5) is 0 Å². The minimum absolute atomic E-state index is 0.00713. The van der Waals surface area contributed by atoms with Crippen molar-refractivity contribution in [2.45, 2.75) is 45.1 Å². The molecule has 0 radical (unpaired) electrons. The first-order valence-corrected chi connectivity index (χ1v) is 6.15. The highest BCUT2D eigenvalue weighted by Gasteiger charge is 2.42. The van der Waals surface area contributed by atoms with Crippen molar-refractivity contribution in [1.82, 2.24) is 5.32 Å². The van der Waals surface area contributed by atoms with Crippen LogP contribution in [0.2, 0.25) is 0 Å². The summed E-state index contributed by atoms with van der Waals surface area (Å²) < 4.78 is 5.93. The number of hydrogen-bond acceptors (Lipinski definition) is 3. The van der Waals surface area contributed by atoms with Crippen molar-refractivity contribution in [3.8, 4) is 0 Å². The van der Waals surface area contributed by atoms with Gasteiger partial charge in [0.25, 0.3) is 0 Å². The van der Waals surface area contributed by atoms with Crippen LogP contribution in [0.5, 0.6) is 0 Å². The van der Waals surface area contributed by atoms with Crippen LogP contribution < -0.4 is 5.32 Å². The number of nitrogens with one attached hydrogen (secondary N) is 1. The zero-order valence-electron chi connectivity index (χ0n) is 10.1. The third-order valence-electron chi connectivity index (χ3n) is 3.45. The predicted molar refractivity (Wildman–Crippen MR) is 62.4 cm³/mol. The zero-order chi connectivity index (χ0) is 11.6. The summed E-state index contributed by atoms with van der Waals surface area (Å²) in [5.74, 6) is 1.40. The number of carbonyl (C=O) groups is 1. The quantitative estimate of drug-likeness (QED) is 0.789. The predicted octanol–water partition coefficient (Wildman–Crippen LogP) is 1.50. The Balaban J connectivity index is 2.17. The van der Waals surface area contributed by atoms with Gasteiger partial charge >= 0.3 is 0 Å². The molecule has 1 amide bonds. The maximum atomic E-state index is 11.2. The van der Waals surface area contributed by atoms with Gasteiger partial charge in [-0.05, 0) is 32.1 Å². The standard InChI is InChI=1S/C12H20N2O2/c1-3-16-12(6-4-5-9(2)7-12)11-13-8-10(15)14-11/h9H,3-8H2,1-2H3,(H,13,14,15). The van der Waals surface area contributed by atoms with Gasteiger partial charge in [0.2, 0.25) is 5.91 Å². The molecule has 0 saturated heterocycles. The molecule has 1 aliphatic heterocycles. The van der Waals surface area contributed by atoms with Gasteiger partial charge in [0, 0.05) is 6.61 Å². The fourth-order valence-corrected chi connectivity index (χ4v) is 2.81. The average Bonchev–Trinajstić information content (AvgIpc) is 2.66. The Labute approximate surface area is 96.5 Å². The van der Waals surface area contributed by atoms with Crippen molar-refractivity contribution < 1.29 is 9.53 Å². The van der Waals surface area contributed by atoms with Crippen molar-refractivity contribution in [2.24, 2.45) is 10.9 Å². The van der Waals surface area contributed by atoms with Crippen LogP contribution in [0.3, 0.4) is 0 Å². The molecule has 2 atom stereocenters. The van der Waals surface area contributed by atoms with Gasteiger partial charge in [-0.25, -0.2) is 0 Å². The molecule has 0 aromatic rings. The minimum atomic E-state index is -0.321. The monoisotopic (exact) mass is 224 g/mol. The van der Waals surface area contributed by atoms with Crippen LogP contribution >= 0.6 is 0 Å². The lowest BCUT2D eigenvalue weighted by Gasteiger charge is -2.39. The van der Waals surface area contributed by atoms with Crippen LogP contribution in [-0.2, 0) is 9.53 Å². The van der Waals surface area contributed by atoms with E-state index in [4.69, 9.17) is 4.74 Å². The molecule has 2 unspecified atom stereocenters. The number of ether oxygens (including phenoxy) is 1. The number of amides is 1. The molecule has 0 bridgehead atoms. The first-order valence-electron chi connectivity index (χ1n) is 6.15. The smallest absolute Gasteiger partial charge is 0.247 e. The maximum absolute atomic E-state index is 11.2. The van der Waals surface area contributed by atoms with E-state index in [0.717, 1.165) is 25.1 Å². The minimum Gasteiger partial charge on any atom is -0.367 e. The van der Waals surface area contributed by atoms with Gasteiger partial charge in [-0.3, -0.25) is 9.79 Å². The molecule has 2 rings (SSSR count). The summed E-state index contributed by atoms with van der Waals surface area (Å²) in [4.78, 5) is 15.5. The van der Waals surface area contributed by atoms with Crippen LogP contribution in [0, 0.1) is 5.92 Å². The van der Waals surface area contributed by atoms with Gasteiger partial charge in [-0.2, -0.15) is 0 Å². The highest BCUT2D eigenvalue weighted by Crippen LogP contribution is 2.36. The number of nitrogens with zero attached hydrogens (tertiary/aromatic N) is 1. The number of rotatable bonds is 3. The summed E-state index contributed by atoms with van der Waals surface area (Å²) in [5.41, 5.74) is -0.321. The van der Waals surface area contributed by atoms with E-state index >= 15 is 0 Å². The molecule has 90 valence electrons. The van der Waals surface area contributed by atoms with Gasteiger partial charge in [-0.15, -0.1) is 0 Å². The summed E-state index contributed by atoms with van der Waals surface area (Å²) in [6, 6.07) is 0. The second kappa shape index (κ2) is 4.53. The average molecular weight is 224 g/mol. The topological polar surface area (TPSA) is 50.7 Å². The molecule has 16 heavy (non-hydrogen) atoms. The Morgan fingerprint density at radius 1 is 1.62 bits per heavy atom. The van der Waals surface area contributed by atoms with Crippen molar-refractivity contribution >= 4 is 11.7 Å². The number of aliphatic imine (C=N–C) groups is 1. The molecule has 4 nitrogen and oxygen atoms in total. The van der Waals surface area contributed by atoms with Crippen molar-refractivity contribution in [3.05, 3.63) is 0 Å². The molecule has 1 N–H and O–H groups in total. The lowest BCUT2D eigenvalue weighted by molar-refractivity contribution is -0.118. The molecule has 1 fully saturated rings. The van der Waals surface area contributed by atoms with Gasteiger partial charge in [0.05, 0.1) is 0 Å². The van der Waals surface area contributed by atoms with E-state index in [-0.39, 0.29) is 18.1 Å². The van der Waals surface area contributed by atoms with Crippen LogP contribution in [-0.4, -0.2) is 30.5 Å². The molecule has 0 aromatic heterocycles. The van der Waals surface area contributed by atoms with Gasteiger partial charge in [0.1, 0.15) is 18.0 Å². The molecular weight excluding hydrogens is 204 g/mol. The van der Waals surface area contributed by atoms with Crippen molar-refractivity contribution in [2.75, 3.05) is 13.2 Å². The number of carbonyl (C=O) groups excluding carboxylic acids is 1. The SMILES string of the molecule is CCOC1(C2=NCC(=O)N2)CCCC(C)C1. The van der Waals surface area contributed by atoms with Gasteiger partial charge in [0.15, 0.2) is 0 Å². The normalized spacial score (nSPS) is 34.8. The second-order valence-electron chi connectivity index (χ2n) is 4.84. The highest BCUT2D eigenvalue weighted by atomic mass is 16.5. The first kappa shape index (κ1) is 11.6. The highest BCUT2D eigenvalue weighted by molar-refractivity contribution is 6.07. The largest absolute Gasteiger partial charge is 0.367 e. The third kappa shape index (κ3) is 2.12. The van der Waals surface area contributed by atoms with E-state index in [0.29, 0.717) is 12.5 Å². The second-order valence-corrected chi connectivity index (χ2v) is 4.84. The summed E-state index contributed by atoms with van der Waals surface area (Å²) >= 11 is 0. The first-order chi connectivity index (χ1) is 7.66. The van der Waals surface area contributed by atoms with E-state index in [9.17, 15) is 4.79 Å². The molecule has 0 spiro atoms. The van der Waals surface area contributed by atoms with Gasteiger partial charge < -0.3 is 10.1 Å². The Bertz CT molecular complexity index is 310. The Morgan fingerprint density at radius 2 is 2.44 bits per heavy atom. The summed E-state index contributed by atoms with van der Waals surface area (Å²) in [6.07, 6.45) is 4.34. The maximum Gasteiger partial charge on any atom is 0.247 e. The lowest BCUT2D eigenvalue weighted by atomic mass is 9.78. The van der Waals surface area contributed by atoms with Crippen molar-refractivity contribution in [1.29, 1.82) is 0 Å². The molecule has 2 aliphatic rings. The van der Waals surface area contributed by atoms with E-state index in [1.54, 1.807) is 0 Å². The fourth-order valence-electron chi connectivity index (χ4n) is 2.81. The number of amidine groups is 1. The molecule has 1 saturated carbocycles. The fraction of sp³-hybridized carbons (Fsp3) is 0.833. The van der Waals surface area contributed by atoms with Gasteiger partial charge in [-0.1, -0.05) is 13.3 Å². The van der Waals surface area contributed by atoms with Crippen LogP contribution in [0.15, 0.2) is 4.99 Å². The molecule has 1 aliphatic carbocycles. The lowest BCUT2D eigenvalue weighted by Crippen LogP contribution is -2.50. The van der Waals surface area contributed by atoms with E-state index in [2.05, 4.69) is 17.2 Å². The third-order valence-corrected chi connectivity index (χ3v) is 3.45. The van der Waals surface area contributed by atoms with Crippen LogP contribution in [0.1, 0.15) is 39.5 Å². The van der Waals surface area contributed by atoms with Crippen molar-refractivity contribution in [3.63, 3.8) is 0 Å². The summed E-state index contributed by atoms with van der Waals surface area (Å²) in [6.45, 7) is 5.17. The Hall–Kier alpha value is -0.900. The number of hydrogen-bond donors (Lipinski definition) is 1. The Kier molecular flexibility index (Phi) is 3.28. The van der Waals surface area contributed by atoms with E-state index in [1.165, 1.54) is 6.42 Å².